The minimum absolute atomic E-state index is 0.0964. The molecule has 1 aliphatic rings. The van der Waals surface area contributed by atoms with Crippen LogP contribution < -0.4 is 20.5 Å². The van der Waals surface area contributed by atoms with E-state index in [0.29, 0.717) is 31.0 Å². The van der Waals surface area contributed by atoms with Crippen LogP contribution >= 0.6 is 0 Å². The second kappa shape index (κ2) is 9.51. The monoisotopic (exact) mass is 503 g/mol. The van der Waals surface area contributed by atoms with E-state index in [2.05, 4.69) is 15.3 Å². The van der Waals surface area contributed by atoms with Crippen molar-refractivity contribution in [3.8, 4) is 11.6 Å². The standard InChI is InChI=1S/C24H24F3N5O4/c1-13-10-19(29-14(2)20(13)31-8-6-15(12-31)23(34)35)32-9-7-28-21(22(32)33)30-17-5-4-16(24(25,26)27)11-18(17)36-3/h4-5,7,9-11,15H,6,8,12H2,1-3H3,(H,28,30)(H,34,35). The molecule has 0 spiro atoms. The van der Waals surface area contributed by atoms with Gasteiger partial charge in [0.1, 0.15) is 11.6 Å². The molecule has 1 fully saturated rings. The normalized spacial score (nSPS) is 15.7. The Hall–Kier alpha value is -4.09. The number of hydrogen-bond donors (Lipinski definition) is 2. The summed E-state index contributed by atoms with van der Waals surface area (Å²) in [7, 11) is 1.23. The van der Waals surface area contributed by atoms with Crippen LogP contribution in [0.25, 0.3) is 5.82 Å². The summed E-state index contributed by atoms with van der Waals surface area (Å²) in [5, 5.41) is 12.1. The fourth-order valence-corrected chi connectivity index (χ4v) is 4.35. The summed E-state index contributed by atoms with van der Waals surface area (Å²) in [6.07, 6.45) is -1.18. The van der Waals surface area contributed by atoms with Gasteiger partial charge in [0, 0.05) is 25.5 Å². The first-order chi connectivity index (χ1) is 17.0. The number of aliphatic carboxylic acids is 1. The molecule has 0 saturated carbocycles. The number of aromatic nitrogens is 3. The van der Waals surface area contributed by atoms with E-state index in [-0.39, 0.29) is 17.3 Å². The minimum atomic E-state index is -4.54. The minimum Gasteiger partial charge on any atom is -0.495 e. The third-order valence-corrected chi connectivity index (χ3v) is 6.07. The van der Waals surface area contributed by atoms with Crippen molar-refractivity contribution in [1.82, 2.24) is 14.5 Å². The molecule has 0 aliphatic carbocycles. The molecule has 2 aromatic heterocycles. The van der Waals surface area contributed by atoms with Crippen LogP contribution in [0.1, 0.15) is 23.2 Å². The van der Waals surface area contributed by atoms with Crippen LogP contribution in [-0.4, -0.2) is 45.8 Å². The Morgan fingerprint density at radius 3 is 2.61 bits per heavy atom. The number of methoxy groups -OCH3 is 1. The molecule has 1 aliphatic heterocycles. The Morgan fingerprint density at radius 2 is 2.00 bits per heavy atom. The number of carboxylic acids is 1. The number of carbonyl (C=O) groups is 1. The highest BCUT2D eigenvalue weighted by molar-refractivity contribution is 5.73. The molecule has 12 heteroatoms. The molecule has 9 nitrogen and oxygen atoms in total. The predicted molar refractivity (Wildman–Crippen MR) is 126 cm³/mol. The third kappa shape index (κ3) is 4.83. The van der Waals surface area contributed by atoms with E-state index in [4.69, 9.17) is 4.74 Å². The van der Waals surface area contributed by atoms with Crippen molar-refractivity contribution in [2.75, 3.05) is 30.4 Å². The zero-order valence-electron chi connectivity index (χ0n) is 19.8. The zero-order valence-corrected chi connectivity index (χ0v) is 19.8. The number of nitrogens with zero attached hydrogens (tertiary/aromatic N) is 4. The highest BCUT2D eigenvalue weighted by Crippen LogP contribution is 2.36. The SMILES string of the molecule is COc1cc(C(F)(F)F)ccc1Nc1nccn(-c2cc(C)c(N3CCC(C(=O)O)C3)c(C)n2)c1=O. The maximum atomic E-state index is 13.2. The first-order valence-corrected chi connectivity index (χ1v) is 11.1. The van der Waals surface area contributed by atoms with Gasteiger partial charge in [-0.15, -0.1) is 0 Å². The summed E-state index contributed by atoms with van der Waals surface area (Å²) < 4.78 is 45.5. The van der Waals surface area contributed by atoms with Crippen molar-refractivity contribution >= 4 is 23.2 Å². The van der Waals surface area contributed by atoms with Crippen molar-refractivity contribution in [1.29, 1.82) is 0 Å². The predicted octanol–water partition coefficient (Wildman–Crippen LogP) is 3.93. The van der Waals surface area contributed by atoms with Crippen molar-refractivity contribution in [3.05, 3.63) is 63.8 Å². The van der Waals surface area contributed by atoms with Crippen LogP contribution in [0.5, 0.6) is 5.75 Å². The molecule has 1 atom stereocenters. The second-order valence-electron chi connectivity index (χ2n) is 8.49. The average molecular weight is 503 g/mol. The van der Waals surface area contributed by atoms with Crippen molar-refractivity contribution in [2.24, 2.45) is 5.92 Å². The number of hydrogen-bond acceptors (Lipinski definition) is 7. The molecule has 3 aromatic rings. The molecule has 1 aromatic carbocycles. The Kier molecular flexibility index (Phi) is 6.61. The van der Waals surface area contributed by atoms with Gasteiger partial charge >= 0.3 is 12.1 Å². The molecule has 1 saturated heterocycles. The largest absolute Gasteiger partial charge is 0.495 e. The number of pyridine rings is 1. The molecule has 190 valence electrons. The Balaban J connectivity index is 1.66. The average Bonchev–Trinajstić information content (AvgIpc) is 3.29. The van der Waals surface area contributed by atoms with Crippen molar-refractivity contribution in [3.63, 3.8) is 0 Å². The Bertz CT molecular complexity index is 1350. The quantitative estimate of drug-likeness (QED) is 0.521. The maximum Gasteiger partial charge on any atom is 0.416 e. The molecule has 0 radical (unpaired) electrons. The number of ether oxygens (including phenoxy) is 1. The molecule has 0 amide bonds. The van der Waals surface area contributed by atoms with Gasteiger partial charge in [-0.3, -0.25) is 14.2 Å². The van der Waals surface area contributed by atoms with Crippen LogP contribution in [0, 0.1) is 19.8 Å². The highest BCUT2D eigenvalue weighted by Gasteiger charge is 2.32. The van der Waals surface area contributed by atoms with Gasteiger partial charge in [-0.1, -0.05) is 0 Å². The molecule has 4 rings (SSSR count). The lowest BCUT2D eigenvalue weighted by molar-refractivity contribution is -0.141. The number of alkyl halides is 3. The van der Waals surface area contributed by atoms with Gasteiger partial charge < -0.3 is 20.1 Å². The van der Waals surface area contributed by atoms with Crippen molar-refractivity contribution in [2.45, 2.75) is 26.4 Å². The van der Waals surface area contributed by atoms with E-state index in [1.54, 1.807) is 13.0 Å². The molecule has 1 unspecified atom stereocenters. The van der Waals surface area contributed by atoms with Gasteiger partial charge in [-0.2, -0.15) is 13.2 Å². The van der Waals surface area contributed by atoms with Crippen LogP contribution in [0.4, 0.5) is 30.4 Å². The van der Waals surface area contributed by atoms with Gasteiger partial charge in [0.2, 0.25) is 0 Å². The summed E-state index contributed by atoms with van der Waals surface area (Å²) in [4.78, 5) is 35.1. The third-order valence-electron chi connectivity index (χ3n) is 6.07. The number of aryl methyl sites for hydroxylation is 2. The molecular weight excluding hydrogens is 479 g/mol. The summed E-state index contributed by atoms with van der Waals surface area (Å²) in [6, 6.07) is 4.61. The fourth-order valence-electron chi connectivity index (χ4n) is 4.35. The summed E-state index contributed by atoms with van der Waals surface area (Å²) >= 11 is 0. The van der Waals surface area contributed by atoms with Crippen LogP contribution in [0.2, 0.25) is 0 Å². The van der Waals surface area contributed by atoms with E-state index < -0.39 is 29.2 Å². The Morgan fingerprint density at radius 1 is 1.25 bits per heavy atom. The van der Waals surface area contributed by atoms with Gasteiger partial charge in [0.15, 0.2) is 5.82 Å². The lowest BCUT2D eigenvalue weighted by atomic mass is 10.1. The number of benzene rings is 1. The highest BCUT2D eigenvalue weighted by atomic mass is 19.4. The molecule has 36 heavy (non-hydrogen) atoms. The number of anilines is 3. The smallest absolute Gasteiger partial charge is 0.416 e. The molecule has 0 bridgehead atoms. The number of halogens is 3. The topological polar surface area (TPSA) is 110 Å². The van der Waals surface area contributed by atoms with Crippen molar-refractivity contribution < 1.29 is 27.8 Å². The lowest BCUT2D eigenvalue weighted by Crippen LogP contribution is -2.26. The second-order valence-corrected chi connectivity index (χ2v) is 8.49. The van der Waals surface area contributed by atoms with Crippen LogP contribution in [0.15, 0.2) is 41.5 Å². The van der Waals surface area contributed by atoms with Crippen LogP contribution in [-0.2, 0) is 11.0 Å². The van der Waals surface area contributed by atoms with E-state index in [9.17, 15) is 27.9 Å². The molecule has 3 heterocycles. The van der Waals surface area contributed by atoms with Gasteiger partial charge in [0.25, 0.3) is 5.56 Å². The van der Waals surface area contributed by atoms with Crippen LogP contribution in [0.3, 0.4) is 0 Å². The zero-order chi connectivity index (χ0) is 26.2. The van der Waals surface area contributed by atoms with Gasteiger partial charge in [0.05, 0.1) is 35.7 Å². The van der Waals surface area contributed by atoms with E-state index in [1.807, 2.05) is 11.8 Å². The first-order valence-electron chi connectivity index (χ1n) is 11.1. The lowest BCUT2D eigenvalue weighted by Gasteiger charge is -2.23. The molecular formula is C24H24F3N5O4. The van der Waals surface area contributed by atoms with Gasteiger partial charge in [-0.25, -0.2) is 9.97 Å². The number of nitrogens with one attached hydrogen (secondary N) is 1. The summed E-state index contributed by atoms with van der Waals surface area (Å²) in [5.74, 6) is -1.16. The van der Waals surface area contributed by atoms with Gasteiger partial charge in [-0.05, 0) is 50.1 Å². The number of carboxylic acid groups (broad SMARTS) is 1. The fraction of sp³-hybridized carbons (Fsp3) is 0.333. The number of rotatable bonds is 6. The Labute approximate surface area is 204 Å². The van der Waals surface area contributed by atoms with E-state index >= 15 is 0 Å². The first kappa shape index (κ1) is 25.0. The maximum absolute atomic E-state index is 13.2. The summed E-state index contributed by atoms with van der Waals surface area (Å²) in [6.45, 7) is 4.63. The molecule has 2 N–H and O–H groups in total. The summed E-state index contributed by atoms with van der Waals surface area (Å²) in [5.41, 5.74) is 0.990. The van der Waals surface area contributed by atoms with E-state index in [1.165, 1.54) is 30.1 Å². The van der Waals surface area contributed by atoms with E-state index in [0.717, 1.165) is 23.4 Å².